The molecule has 6 aromatic rings. The summed E-state index contributed by atoms with van der Waals surface area (Å²) in [5, 5.41) is 42.1. The molecule has 0 aliphatic carbocycles. The third-order valence-electron chi connectivity index (χ3n) is 14.6. The summed E-state index contributed by atoms with van der Waals surface area (Å²) in [4.78, 5) is 117. The van der Waals surface area contributed by atoms with Gasteiger partial charge in [-0.1, -0.05) is 155 Å². The first kappa shape index (κ1) is 66.3. The van der Waals surface area contributed by atoms with Gasteiger partial charge in [0.1, 0.15) is 24.5 Å². The molecule has 2 fully saturated rings. The van der Waals surface area contributed by atoms with Crippen LogP contribution >= 0.6 is 0 Å². The summed E-state index contributed by atoms with van der Waals surface area (Å²) in [7, 11) is -1.58. The highest BCUT2D eigenvalue weighted by Crippen LogP contribution is 2.48. The van der Waals surface area contributed by atoms with Crippen molar-refractivity contribution in [3.63, 3.8) is 0 Å². The van der Waals surface area contributed by atoms with Gasteiger partial charge in [0.05, 0.1) is 44.1 Å². The Hall–Kier alpha value is -8.83. The van der Waals surface area contributed by atoms with Crippen LogP contribution in [0.4, 0.5) is 0 Å². The van der Waals surface area contributed by atoms with Crippen molar-refractivity contribution in [3.05, 3.63) is 192 Å². The summed E-state index contributed by atoms with van der Waals surface area (Å²) in [5.41, 5.74) is 3.81. The Balaban J connectivity index is 0.000000231. The maximum absolute atomic E-state index is 14.1. The number of nitrogens with zero attached hydrogens (tertiary/aromatic N) is 6. The number of carboxylic acid groups (broad SMARTS) is 2. The van der Waals surface area contributed by atoms with Crippen molar-refractivity contribution in [2.24, 2.45) is 11.8 Å². The molecule has 0 unspecified atom stereocenters. The fraction of sp³-hybridized carbons (Fsp3) is 0.355. The van der Waals surface area contributed by atoms with Crippen molar-refractivity contribution in [1.29, 1.82) is 0 Å². The number of carboxylic acids is 2. The molecule has 0 bridgehead atoms. The van der Waals surface area contributed by atoms with Crippen LogP contribution in [0, 0.1) is 11.8 Å². The average Bonchev–Trinajstić information content (AvgIpc) is 1.57. The van der Waals surface area contributed by atoms with Gasteiger partial charge in [-0.15, -0.1) is 0 Å². The molecular weight excluding hydrogens is 1100 g/mol. The third-order valence-corrected chi connectivity index (χ3v) is 14.6. The van der Waals surface area contributed by atoms with Crippen LogP contribution in [0.1, 0.15) is 96.6 Å². The molecule has 4 atom stereocenters. The zero-order chi connectivity index (χ0) is 62.2. The maximum Gasteiger partial charge on any atom is 0.587 e. The number of carbonyl (C=O) groups excluding carboxylic acids is 6. The van der Waals surface area contributed by atoms with Crippen molar-refractivity contribution in [2.75, 3.05) is 26.2 Å². The summed E-state index contributed by atoms with van der Waals surface area (Å²) in [6.45, 7) is 5.48. The van der Waals surface area contributed by atoms with Gasteiger partial charge in [0.25, 0.3) is 11.8 Å². The molecule has 8 rings (SSSR count). The lowest BCUT2D eigenvalue weighted by Gasteiger charge is -2.47. The molecule has 2 amide bonds. The molecule has 2 aliphatic rings. The van der Waals surface area contributed by atoms with E-state index in [0.29, 0.717) is 32.4 Å². The van der Waals surface area contributed by atoms with Crippen molar-refractivity contribution < 1.29 is 72.3 Å². The molecule has 4 heterocycles. The fourth-order valence-electron chi connectivity index (χ4n) is 11.0. The Morgan fingerprint density at radius 2 is 0.988 bits per heavy atom. The fourth-order valence-corrected chi connectivity index (χ4v) is 11.0. The molecule has 452 valence electrons. The van der Waals surface area contributed by atoms with Crippen molar-refractivity contribution >= 4 is 61.1 Å². The number of fused-ring (bicyclic) bond motifs is 1. The molecule has 6 N–H and O–H groups in total. The maximum atomic E-state index is 14.1. The smallest absolute Gasteiger partial charge is 0.587 e. The molecule has 2 saturated heterocycles. The van der Waals surface area contributed by atoms with Crippen molar-refractivity contribution in [1.82, 2.24) is 35.5 Å². The lowest BCUT2D eigenvalue weighted by Crippen LogP contribution is -2.65. The number of carbonyl (C=O) groups is 8. The van der Waals surface area contributed by atoms with Crippen LogP contribution in [0.15, 0.2) is 159 Å². The SMILES string of the molecule is CC(C)C[C@H](CC(=O)[C@H](Cc1ccccc1)NC(=O)c1cnccn1)B(O)O.CC(C)C[C@H](CC(=O)[C@H](Cc1ccccc1)NC(=O)c1cnccn1)[B-]12OC(=O)C[N+]1(Cc1ccccc1)CC(=O)O2.O=C(O)CN(CC(=O)O)Cc1ccccc1. The van der Waals surface area contributed by atoms with Crippen LogP contribution in [-0.4, -0.2) is 149 Å². The van der Waals surface area contributed by atoms with Crippen LogP contribution < -0.4 is 10.6 Å². The van der Waals surface area contributed by atoms with E-state index in [9.17, 15) is 48.4 Å². The van der Waals surface area contributed by atoms with E-state index < -0.39 is 73.2 Å². The third kappa shape index (κ3) is 20.2. The van der Waals surface area contributed by atoms with E-state index in [1.165, 1.54) is 42.1 Å². The summed E-state index contributed by atoms with van der Waals surface area (Å²) in [6.07, 6.45) is 9.88. The number of hydrogen-bond acceptors (Lipinski definition) is 17. The number of rotatable bonds is 28. The molecule has 0 radical (unpaired) electrons. The lowest BCUT2D eigenvalue weighted by molar-refractivity contribution is -0.830. The van der Waals surface area contributed by atoms with Gasteiger partial charge >= 0.3 is 37.7 Å². The molecule has 0 saturated carbocycles. The second-order valence-electron chi connectivity index (χ2n) is 22.5. The number of aromatic nitrogens is 4. The molecule has 22 nitrogen and oxygen atoms in total. The number of nitrogens with one attached hydrogen (secondary N) is 2. The molecule has 0 spiro atoms. The van der Waals surface area contributed by atoms with Gasteiger partial charge in [-0.2, -0.15) is 0 Å². The molecule has 86 heavy (non-hydrogen) atoms. The molecular formula is C62H74B2N8O14. The van der Waals surface area contributed by atoms with Gasteiger partial charge in [0, 0.05) is 49.1 Å². The molecule has 4 aromatic carbocycles. The Morgan fingerprint density at radius 3 is 1.37 bits per heavy atom. The highest BCUT2D eigenvalue weighted by Gasteiger charge is 2.70. The van der Waals surface area contributed by atoms with Crippen LogP contribution in [-0.2, 0) is 64.0 Å². The van der Waals surface area contributed by atoms with Gasteiger partial charge < -0.3 is 44.6 Å². The van der Waals surface area contributed by atoms with Crippen LogP contribution in [0.5, 0.6) is 0 Å². The van der Waals surface area contributed by atoms with Crippen LogP contribution in [0.25, 0.3) is 0 Å². The van der Waals surface area contributed by atoms with E-state index in [0.717, 1.165) is 22.3 Å². The largest absolute Gasteiger partial charge is 0.600 e. The highest BCUT2D eigenvalue weighted by molar-refractivity contribution is 6.67. The topological polar surface area (TPSA) is 315 Å². The second kappa shape index (κ2) is 32.4. The number of amides is 2. The molecule has 24 heteroatoms. The Morgan fingerprint density at radius 1 is 0.581 bits per heavy atom. The Bertz CT molecular complexity index is 3140. The number of hydrogen-bond donors (Lipinski definition) is 6. The van der Waals surface area contributed by atoms with Gasteiger partial charge in [0.2, 0.25) is 0 Å². The van der Waals surface area contributed by atoms with E-state index in [4.69, 9.17) is 19.5 Å². The molecule has 2 aromatic heterocycles. The summed E-state index contributed by atoms with van der Waals surface area (Å²) in [6, 6.07) is 35.8. The zero-order valence-corrected chi connectivity index (χ0v) is 48.7. The van der Waals surface area contributed by atoms with Gasteiger partial charge in [-0.3, -0.25) is 53.2 Å². The van der Waals surface area contributed by atoms with Gasteiger partial charge in [-0.05, 0) is 60.0 Å². The molecule has 2 aliphatic heterocycles. The number of aliphatic carboxylic acids is 2. The normalized spacial score (nSPS) is 17.2. The van der Waals surface area contributed by atoms with Crippen LogP contribution in [0.2, 0.25) is 11.6 Å². The predicted molar refractivity (Wildman–Crippen MR) is 318 cm³/mol. The zero-order valence-electron chi connectivity index (χ0n) is 48.7. The minimum absolute atomic E-state index is 0.00165. The minimum atomic E-state index is -2.56. The minimum Gasteiger partial charge on any atom is -0.600 e. The van der Waals surface area contributed by atoms with E-state index in [2.05, 4.69) is 30.6 Å². The lowest BCUT2D eigenvalue weighted by atomic mass is 9.51. The number of quaternary nitrogens is 1. The van der Waals surface area contributed by atoms with E-state index >= 15 is 0 Å². The first-order valence-electron chi connectivity index (χ1n) is 28.4. The first-order valence-corrected chi connectivity index (χ1v) is 28.4. The highest BCUT2D eigenvalue weighted by atomic mass is 16.7. The number of Topliss-reactive ketones (excluding diaryl/α,β-unsaturated/α-hetero) is 2. The van der Waals surface area contributed by atoms with E-state index in [-0.39, 0.29) is 84.6 Å². The number of benzene rings is 4. The Kier molecular flexibility index (Phi) is 25.0. The van der Waals surface area contributed by atoms with Crippen molar-refractivity contribution in [2.45, 2.75) is 103 Å². The summed E-state index contributed by atoms with van der Waals surface area (Å²) in [5.74, 6) is -5.31. The summed E-state index contributed by atoms with van der Waals surface area (Å²) < 4.78 is 12.1. The van der Waals surface area contributed by atoms with Crippen molar-refractivity contribution in [3.8, 4) is 0 Å². The monoisotopic (exact) mass is 1180 g/mol. The van der Waals surface area contributed by atoms with E-state index in [1.807, 2.05) is 149 Å². The van der Waals surface area contributed by atoms with E-state index in [1.54, 1.807) is 0 Å². The summed E-state index contributed by atoms with van der Waals surface area (Å²) >= 11 is 0. The quantitative estimate of drug-likeness (QED) is 0.0326. The number of ketones is 2. The van der Waals surface area contributed by atoms with Gasteiger partial charge in [-0.25, -0.2) is 9.97 Å². The standard InChI is InChI=1S/C31H35BN4O6.C20H26BN3O4.C11H13NO4/c1-22(2)15-25(32-36(20-29(38)41-32,21-30(39)42-32)19-24-11-7-4-8-12-24)17-28(37)26(16-23-9-5-3-6-10-23)35-31(40)27-18-33-13-14-34-27;1-14(2)10-16(21(27)28)12-19(25)17(11-15-6-4-3-5-7-15)24-20(26)18-13-22-8-9-23-18;13-10(14)7-12(8-11(15)16)6-9-4-2-1-3-5-9/h3-14,18,22,25-26H,15-17,19-21H2,1-2H3,(H,35,40);3-9,13-14,16-17,27-28H,10-12H2,1-2H3,(H,24,26);1-5H,6-8H2,(H,13,14)(H,15,16)/t25-,26+,32?,36?;16-,17+;/m11./s1. The predicted octanol–water partition coefficient (Wildman–Crippen LogP) is 5.59. The van der Waals surface area contributed by atoms with Gasteiger partial charge in [0.15, 0.2) is 11.6 Å². The van der Waals surface area contributed by atoms with Crippen LogP contribution in [0.3, 0.4) is 0 Å². The second-order valence-corrected chi connectivity index (χ2v) is 22.5. The Labute approximate surface area is 500 Å². The first-order chi connectivity index (χ1) is 41.1. The average molecular weight is 1180 g/mol.